The molecule has 4 N–H and O–H groups in total. The summed E-state index contributed by atoms with van der Waals surface area (Å²) in [6.45, 7) is 1.29. The molecule has 5 aromatic rings. The molecule has 3 aromatic carbocycles. The highest BCUT2D eigenvalue weighted by Gasteiger charge is 2.45. The number of carbonyl (C=O) groups is 2. The van der Waals surface area contributed by atoms with Gasteiger partial charge < -0.3 is 20.7 Å². The van der Waals surface area contributed by atoms with Crippen molar-refractivity contribution in [3.63, 3.8) is 0 Å². The Kier molecular flexibility index (Phi) is 6.84. The molecule has 0 radical (unpaired) electrons. The van der Waals surface area contributed by atoms with Gasteiger partial charge in [0.15, 0.2) is 0 Å². The number of primary amides is 1. The minimum atomic E-state index is -4.72. The van der Waals surface area contributed by atoms with Gasteiger partial charge in [0.2, 0.25) is 11.8 Å². The third-order valence-electron chi connectivity index (χ3n) is 6.79. The predicted octanol–water partition coefficient (Wildman–Crippen LogP) is 4.08. The van der Waals surface area contributed by atoms with E-state index in [9.17, 15) is 27.9 Å². The fourth-order valence-corrected chi connectivity index (χ4v) is 4.93. The maximum Gasteiger partial charge on any atom is 0.392 e. The molecule has 8 nitrogen and oxygen atoms in total. The number of aliphatic hydroxyl groups is 1. The minimum Gasteiger partial charge on any atom is -0.380 e. The Bertz CT molecular complexity index is 1720. The van der Waals surface area contributed by atoms with Gasteiger partial charge in [-0.05, 0) is 42.8 Å². The van der Waals surface area contributed by atoms with Gasteiger partial charge >= 0.3 is 6.18 Å². The number of hydrogen-bond acceptors (Lipinski definition) is 4. The third kappa shape index (κ3) is 5.28. The largest absolute Gasteiger partial charge is 0.392 e. The quantitative estimate of drug-likeness (QED) is 0.271. The molecule has 0 aliphatic rings. The maximum absolute atomic E-state index is 14.0. The highest BCUT2D eigenvalue weighted by Crippen LogP contribution is 2.44. The lowest BCUT2D eigenvalue weighted by atomic mass is 9.82. The van der Waals surface area contributed by atoms with Crippen molar-refractivity contribution in [3.05, 3.63) is 95.8 Å². The van der Waals surface area contributed by atoms with Crippen LogP contribution < -0.4 is 11.1 Å². The van der Waals surface area contributed by atoms with Crippen LogP contribution in [0.1, 0.15) is 23.1 Å². The topological polar surface area (TPSA) is 115 Å². The summed E-state index contributed by atoms with van der Waals surface area (Å²) in [5.74, 6) is -1.29. The molecule has 0 fully saturated rings. The number of rotatable bonds is 8. The van der Waals surface area contributed by atoms with Gasteiger partial charge in [-0.2, -0.15) is 18.3 Å². The molecule has 0 aliphatic carbocycles. The number of nitrogens with one attached hydrogen (secondary N) is 1. The van der Waals surface area contributed by atoms with Crippen LogP contribution in [0.2, 0.25) is 0 Å². The van der Waals surface area contributed by atoms with Crippen LogP contribution in [0.25, 0.3) is 27.5 Å². The highest BCUT2D eigenvalue weighted by atomic mass is 19.4. The first kappa shape index (κ1) is 26.9. The van der Waals surface area contributed by atoms with Crippen LogP contribution in [0, 0.1) is 6.92 Å². The first-order chi connectivity index (χ1) is 18.9. The lowest BCUT2D eigenvalue weighted by molar-refractivity contribution is -0.169. The Morgan fingerprint density at radius 2 is 1.75 bits per heavy atom. The molecule has 11 heteroatoms. The van der Waals surface area contributed by atoms with Crippen molar-refractivity contribution in [2.45, 2.75) is 31.7 Å². The molecule has 5 rings (SSSR count). The first-order valence-electron chi connectivity index (χ1n) is 12.4. The van der Waals surface area contributed by atoms with Crippen molar-refractivity contribution in [2.75, 3.05) is 6.54 Å². The zero-order valence-corrected chi connectivity index (χ0v) is 21.4. The first-order valence-corrected chi connectivity index (χ1v) is 12.4. The number of carbonyl (C=O) groups excluding carboxylic acids is 2. The number of alkyl halides is 3. The van der Waals surface area contributed by atoms with Gasteiger partial charge in [0.25, 0.3) is 0 Å². The monoisotopic (exact) mass is 549 g/mol. The van der Waals surface area contributed by atoms with Crippen molar-refractivity contribution in [3.8, 4) is 5.69 Å². The van der Waals surface area contributed by atoms with E-state index in [1.54, 1.807) is 41.2 Å². The van der Waals surface area contributed by atoms with Gasteiger partial charge in [-0.25, -0.2) is 4.68 Å². The molecule has 0 saturated heterocycles. The van der Waals surface area contributed by atoms with E-state index in [2.05, 4.69) is 10.4 Å². The number of amides is 2. The SMILES string of the molecule is Cc1ccc(-n2ncc3cc(C(O)(CC(F)(F)F)c4cn(CC(=O)NCC(N)=O)c5ccccc45)ccc32)cc1. The molecular formula is C29H26F3N5O3. The van der Waals surface area contributed by atoms with E-state index < -0.39 is 30.0 Å². The summed E-state index contributed by atoms with van der Waals surface area (Å²) in [5, 5.41) is 19.6. The molecular weight excluding hydrogens is 523 g/mol. The molecule has 2 aromatic heterocycles. The average Bonchev–Trinajstić information content (AvgIpc) is 3.49. The fraction of sp³-hybridized carbons (Fsp3) is 0.207. The Labute approximate surface area is 226 Å². The van der Waals surface area contributed by atoms with Gasteiger partial charge in [-0.1, -0.05) is 42.0 Å². The van der Waals surface area contributed by atoms with Gasteiger partial charge in [0.05, 0.1) is 30.4 Å². The normalized spacial score (nSPS) is 13.4. The van der Waals surface area contributed by atoms with E-state index in [0.29, 0.717) is 21.8 Å². The van der Waals surface area contributed by atoms with E-state index >= 15 is 0 Å². The number of nitrogens with two attached hydrogens (primary N) is 1. The van der Waals surface area contributed by atoms with Crippen LogP contribution in [-0.2, 0) is 21.7 Å². The number of aromatic nitrogens is 3. The Hall–Kier alpha value is -4.64. The summed E-state index contributed by atoms with van der Waals surface area (Å²) >= 11 is 0. The second-order valence-corrected chi connectivity index (χ2v) is 9.75. The van der Waals surface area contributed by atoms with Crippen molar-refractivity contribution >= 4 is 33.6 Å². The second kappa shape index (κ2) is 10.2. The molecule has 2 amide bonds. The number of para-hydroxylation sites is 1. The standard InChI is InChI=1S/C29H26F3N5O3/c1-18-6-9-21(10-7-18)37-24-11-8-20(12-19(24)13-35-37)28(40,17-29(30,31)32)23-15-36(16-27(39)34-14-26(33)38)25-5-3-2-4-22(23)25/h2-13,15,40H,14,16-17H2,1H3,(H2,33,38)(H,34,39). The lowest BCUT2D eigenvalue weighted by Gasteiger charge is -2.30. The van der Waals surface area contributed by atoms with Crippen LogP contribution in [0.5, 0.6) is 0 Å². The highest BCUT2D eigenvalue weighted by molar-refractivity contribution is 5.89. The molecule has 0 aliphatic heterocycles. The molecule has 2 heterocycles. The minimum absolute atomic E-state index is 0.00611. The predicted molar refractivity (Wildman–Crippen MR) is 144 cm³/mol. The Balaban J connectivity index is 1.62. The van der Waals surface area contributed by atoms with Crippen molar-refractivity contribution in [1.82, 2.24) is 19.7 Å². The van der Waals surface area contributed by atoms with Crippen LogP contribution in [-0.4, -0.2) is 44.0 Å². The molecule has 0 spiro atoms. The number of aryl methyl sites for hydroxylation is 1. The van der Waals surface area contributed by atoms with E-state index in [4.69, 9.17) is 5.73 Å². The maximum atomic E-state index is 14.0. The summed E-state index contributed by atoms with van der Waals surface area (Å²) in [6, 6.07) is 18.8. The fourth-order valence-electron chi connectivity index (χ4n) is 4.93. The second-order valence-electron chi connectivity index (χ2n) is 9.75. The summed E-state index contributed by atoms with van der Waals surface area (Å²) in [6.07, 6.45) is -3.39. The van der Waals surface area contributed by atoms with Gasteiger partial charge in [0, 0.05) is 28.0 Å². The smallest absolute Gasteiger partial charge is 0.380 e. The van der Waals surface area contributed by atoms with Crippen LogP contribution in [0.4, 0.5) is 13.2 Å². The number of nitrogens with zero attached hydrogens (tertiary/aromatic N) is 3. The number of fused-ring (bicyclic) bond motifs is 2. The average molecular weight is 550 g/mol. The lowest BCUT2D eigenvalue weighted by Crippen LogP contribution is -2.35. The number of hydrogen-bond donors (Lipinski definition) is 3. The molecule has 1 atom stereocenters. The van der Waals surface area contributed by atoms with Gasteiger partial charge in [-0.15, -0.1) is 0 Å². The summed E-state index contributed by atoms with van der Waals surface area (Å²) in [4.78, 5) is 23.4. The Morgan fingerprint density at radius 1 is 1.02 bits per heavy atom. The zero-order valence-electron chi connectivity index (χ0n) is 21.4. The van der Waals surface area contributed by atoms with Crippen LogP contribution in [0.15, 0.2) is 79.1 Å². The molecule has 0 bridgehead atoms. The summed E-state index contributed by atoms with van der Waals surface area (Å²) in [7, 11) is 0. The van der Waals surface area contributed by atoms with Crippen molar-refractivity contribution in [1.29, 1.82) is 0 Å². The number of benzene rings is 3. The third-order valence-corrected chi connectivity index (χ3v) is 6.79. The molecule has 0 saturated carbocycles. The van der Waals surface area contributed by atoms with Gasteiger partial charge in [0.1, 0.15) is 12.1 Å². The van der Waals surface area contributed by atoms with E-state index in [1.165, 1.54) is 22.9 Å². The molecule has 40 heavy (non-hydrogen) atoms. The number of halogens is 3. The summed E-state index contributed by atoms with van der Waals surface area (Å²) < 4.78 is 45.1. The van der Waals surface area contributed by atoms with E-state index in [-0.39, 0.29) is 24.2 Å². The zero-order chi connectivity index (χ0) is 28.7. The van der Waals surface area contributed by atoms with Crippen molar-refractivity contribution in [2.24, 2.45) is 5.73 Å². The van der Waals surface area contributed by atoms with E-state index in [1.807, 2.05) is 31.2 Å². The summed E-state index contributed by atoms with van der Waals surface area (Å²) in [5.41, 5.74) is 5.60. The van der Waals surface area contributed by atoms with Gasteiger partial charge in [-0.3, -0.25) is 9.59 Å². The van der Waals surface area contributed by atoms with Crippen LogP contribution >= 0.6 is 0 Å². The Morgan fingerprint density at radius 3 is 2.45 bits per heavy atom. The molecule has 1 unspecified atom stereocenters. The van der Waals surface area contributed by atoms with E-state index in [0.717, 1.165) is 11.3 Å². The van der Waals surface area contributed by atoms with Crippen LogP contribution in [0.3, 0.4) is 0 Å². The molecule has 206 valence electrons. The van der Waals surface area contributed by atoms with Crippen molar-refractivity contribution < 1.29 is 27.9 Å².